The maximum Gasteiger partial charge on any atom is 0.339 e. The van der Waals surface area contributed by atoms with Crippen LogP contribution in [0.15, 0.2) is 30.9 Å². The van der Waals surface area contributed by atoms with Gasteiger partial charge in [0.2, 0.25) is 0 Å². The maximum atomic E-state index is 12.3. The molecule has 0 bridgehead atoms. The molecule has 0 spiro atoms. The van der Waals surface area contributed by atoms with Crippen molar-refractivity contribution in [2.75, 3.05) is 18.1 Å². The maximum absolute atomic E-state index is 12.3. The number of carboxylic acid groups (broad SMARTS) is 1. The Hall–Kier alpha value is -2.50. The summed E-state index contributed by atoms with van der Waals surface area (Å²) >= 11 is 0. The van der Waals surface area contributed by atoms with E-state index in [0.29, 0.717) is 18.7 Å². The third-order valence-corrected chi connectivity index (χ3v) is 3.21. The molecule has 2 rings (SSSR count). The molecule has 0 radical (unpaired) electrons. The molecular formula is C15H18N2O4. The van der Waals surface area contributed by atoms with Crippen molar-refractivity contribution in [3.05, 3.63) is 36.4 Å². The van der Waals surface area contributed by atoms with Gasteiger partial charge in [-0.25, -0.2) is 9.59 Å². The van der Waals surface area contributed by atoms with Gasteiger partial charge in [0.05, 0.1) is 12.2 Å². The van der Waals surface area contributed by atoms with Gasteiger partial charge in [-0.3, -0.25) is 4.90 Å². The molecule has 6 nitrogen and oxygen atoms in total. The first-order valence-electron chi connectivity index (χ1n) is 6.72. The van der Waals surface area contributed by atoms with Crippen LogP contribution < -0.4 is 15.0 Å². The van der Waals surface area contributed by atoms with E-state index >= 15 is 0 Å². The predicted molar refractivity (Wildman–Crippen MR) is 79.1 cm³/mol. The van der Waals surface area contributed by atoms with E-state index in [1.54, 1.807) is 18.2 Å². The van der Waals surface area contributed by atoms with Crippen LogP contribution in [0.4, 0.5) is 10.5 Å². The van der Waals surface area contributed by atoms with Crippen molar-refractivity contribution in [1.29, 1.82) is 0 Å². The summed E-state index contributed by atoms with van der Waals surface area (Å²) in [6.07, 6.45) is 2.40. The van der Waals surface area contributed by atoms with Crippen molar-refractivity contribution in [1.82, 2.24) is 5.32 Å². The van der Waals surface area contributed by atoms with Gasteiger partial charge in [0, 0.05) is 6.04 Å². The van der Waals surface area contributed by atoms with Crippen molar-refractivity contribution in [3.63, 3.8) is 0 Å². The summed E-state index contributed by atoms with van der Waals surface area (Å²) in [6.45, 7) is 6.16. The van der Waals surface area contributed by atoms with Gasteiger partial charge in [0.25, 0.3) is 0 Å². The van der Waals surface area contributed by atoms with Crippen molar-refractivity contribution in [2.24, 2.45) is 0 Å². The van der Waals surface area contributed by atoms with Crippen LogP contribution in [0.3, 0.4) is 0 Å². The van der Waals surface area contributed by atoms with E-state index in [1.807, 2.05) is 6.92 Å². The Morgan fingerprint density at radius 2 is 2.33 bits per heavy atom. The van der Waals surface area contributed by atoms with Crippen molar-refractivity contribution < 1.29 is 19.4 Å². The second-order valence-corrected chi connectivity index (χ2v) is 4.83. The number of benzene rings is 1. The van der Waals surface area contributed by atoms with Crippen LogP contribution in [0, 0.1) is 0 Å². The molecule has 1 atom stereocenters. The fraction of sp³-hybridized carbons (Fsp3) is 0.333. The van der Waals surface area contributed by atoms with E-state index in [-0.39, 0.29) is 30.0 Å². The van der Waals surface area contributed by atoms with Crippen molar-refractivity contribution >= 4 is 17.7 Å². The summed E-state index contributed by atoms with van der Waals surface area (Å²) in [5.41, 5.74) is 0.536. The van der Waals surface area contributed by atoms with Crippen molar-refractivity contribution in [2.45, 2.75) is 19.4 Å². The smallest absolute Gasteiger partial charge is 0.339 e. The monoisotopic (exact) mass is 290 g/mol. The standard InChI is InChI=1S/C15H18N2O4/c1-3-5-10(2)16-15(20)17-8-9-21-13-11(14(18)19)6-4-7-12(13)17/h3-4,6-7,10H,1,5,8-9H2,2H3,(H,16,20)(H,18,19). The minimum atomic E-state index is -1.07. The number of rotatable bonds is 4. The minimum absolute atomic E-state index is 0.0380. The first kappa shape index (κ1) is 14.9. The molecule has 1 aliphatic heterocycles. The SMILES string of the molecule is C=CCC(C)NC(=O)N1CCOc2c(C(=O)O)cccc21. The topological polar surface area (TPSA) is 78.9 Å². The van der Waals surface area contributed by atoms with Gasteiger partial charge >= 0.3 is 12.0 Å². The molecule has 6 heteroatoms. The van der Waals surface area contributed by atoms with Gasteiger partial charge in [-0.2, -0.15) is 0 Å². The molecule has 1 aromatic carbocycles. The van der Waals surface area contributed by atoms with Crippen LogP contribution >= 0.6 is 0 Å². The second-order valence-electron chi connectivity index (χ2n) is 4.83. The molecule has 0 aliphatic carbocycles. The molecule has 1 unspecified atom stereocenters. The Morgan fingerprint density at radius 1 is 1.57 bits per heavy atom. The molecule has 112 valence electrons. The van der Waals surface area contributed by atoms with Crippen LogP contribution in [0.1, 0.15) is 23.7 Å². The lowest BCUT2D eigenvalue weighted by Gasteiger charge is -2.31. The molecule has 1 aliphatic rings. The number of hydrogen-bond donors (Lipinski definition) is 2. The zero-order valence-electron chi connectivity index (χ0n) is 11.8. The molecular weight excluding hydrogens is 272 g/mol. The van der Waals surface area contributed by atoms with Gasteiger partial charge in [-0.1, -0.05) is 12.1 Å². The van der Waals surface area contributed by atoms with Gasteiger partial charge < -0.3 is 15.2 Å². The average Bonchev–Trinajstić information content (AvgIpc) is 2.45. The van der Waals surface area contributed by atoms with E-state index in [9.17, 15) is 14.7 Å². The Morgan fingerprint density at radius 3 is 3.00 bits per heavy atom. The molecule has 1 heterocycles. The molecule has 0 fully saturated rings. The fourth-order valence-corrected chi connectivity index (χ4v) is 2.23. The van der Waals surface area contributed by atoms with Gasteiger partial charge in [-0.15, -0.1) is 6.58 Å². The molecule has 0 saturated heterocycles. The Kier molecular flexibility index (Phi) is 4.47. The first-order valence-corrected chi connectivity index (χ1v) is 6.72. The fourth-order valence-electron chi connectivity index (χ4n) is 2.23. The number of hydrogen-bond acceptors (Lipinski definition) is 3. The highest BCUT2D eigenvalue weighted by Crippen LogP contribution is 2.35. The number of carbonyl (C=O) groups excluding carboxylic acids is 1. The summed E-state index contributed by atoms with van der Waals surface area (Å²) in [6, 6.07) is 4.44. The third-order valence-electron chi connectivity index (χ3n) is 3.21. The van der Waals surface area contributed by atoms with Crippen LogP contribution in [0.5, 0.6) is 5.75 Å². The number of nitrogens with one attached hydrogen (secondary N) is 1. The van der Waals surface area contributed by atoms with E-state index in [2.05, 4.69) is 11.9 Å². The number of carboxylic acids is 1. The molecule has 2 amide bonds. The number of anilines is 1. The summed E-state index contributed by atoms with van der Waals surface area (Å²) < 4.78 is 5.43. The molecule has 1 aromatic rings. The van der Waals surface area contributed by atoms with Crippen LogP contribution in [0.2, 0.25) is 0 Å². The highest BCUT2D eigenvalue weighted by atomic mass is 16.5. The predicted octanol–water partition coefficient (Wildman–Crippen LogP) is 2.26. The first-order chi connectivity index (χ1) is 10.0. The number of amides is 2. The summed E-state index contributed by atoms with van der Waals surface area (Å²) in [4.78, 5) is 25.0. The zero-order valence-corrected chi connectivity index (χ0v) is 11.8. The minimum Gasteiger partial charge on any atom is -0.489 e. The normalized spacial score (nSPS) is 14.6. The van der Waals surface area contributed by atoms with Crippen LogP contribution in [0.25, 0.3) is 0 Å². The summed E-state index contributed by atoms with van der Waals surface area (Å²) in [7, 11) is 0. The van der Waals surface area contributed by atoms with E-state index < -0.39 is 5.97 Å². The van der Waals surface area contributed by atoms with E-state index in [0.717, 1.165) is 0 Å². The van der Waals surface area contributed by atoms with Gasteiger partial charge in [-0.05, 0) is 25.5 Å². The Labute approximate surface area is 123 Å². The molecule has 2 N–H and O–H groups in total. The number of fused-ring (bicyclic) bond motifs is 1. The lowest BCUT2D eigenvalue weighted by atomic mass is 10.1. The Balaban J connectivity index is 2.26. The largest absolute Gasteiger partial charge is 0.489 e. The number of carbonyl (C=O) groups is 2. The van der Waals surface area contributed by atoms with E-state index in [4.69, 9.17) is 4.74 Å². The van der Waals surface area contributed by atoms with Gasteiger partial charge in [0.1, 0.15) is 12.2 Å². The average molecular weight is 290 g/mol. The highest BCUT2D eigenvalue weighted by molar-refractivity contribution is 5.99. The lowest BCUT2D eigenvalue weighted by molar-refractivity contribution is 0.0692. The number of aromatic carboxylic acids is 1. The molecule has 0 aromatic heterocycles. The number of urea groups is 1. The zero-order chi connectivity index (χ0) is 15.4. The highest BCUT2D eigenvalue weighted by Gasteiger charge is 2.27. The second kappa shape index (κ2) is 6.30. The molecule has 21 heavy (non-hydrogen) atoms. The van der Waals surface area contributed by atoms with Crippen LogP contribution in [-0.2, 0) is 0 Å². The summed E-state index contributed by atoms with van der Waals surface area (Å²) in [5.74, 6) is -0.836. The van der Waals surface area contributed by atoms with Crippen molar-refractivity contribution in [3.8, 4) is 5.75 Å². The van der Waals surface area contributed by atoms with Crippen LogP contribution in [-0.4, -0.2) is 36.3 Å². The number of nitrogens with zero attached hydrogens (tertiary/aromatic N) is 1. The Bertz CT molecular complexity index is 571. The summed E-state index contributed by atoms with van der Waals surface area (Å²) in [5, 5.41) is 12.0. The third kappa shape index (κ3) is 3.16. The molecule has 0 saturated carbocycles. The number of para-hydroxylation sites is 1. The van der Waals surface area contributed by atoms with E-state index in [1.165, 1.54) is 11.0 Å². The van der Waals surface area contributed by atoms with Gasteiger partial charge in [0.15, 0.2) is 5.75 Å². The lowest BCUT2D eigenvalue weighted by Crippen LogP contribution is -2.47. The quantitative estimate of drug-likeness (QED) is 0.834. The number of ether oxygens (including phenoxy) is 1.